The highest BCUT2D eigenvalue weighted by molar-refractivity contribution is 7.92. The van der Waals surface area contributed by atoms with Crippen molar-refractivity contribution in [1.29, 1.82) is 0 Å². The number of rotatable bonds is 10. The van der Waals surface area contributed by atoms with Crippen molar-refractivity contribution < 1.29 is 31.5 Å². The van der Waals surface area contributed by atoms with Crippen LogP contribution in [-0.2, 0) is 14.8 Å². The van der Waals surface area contributed by atoms with Crippen LogP contribution >= 0.6 is 9.24 Å². The van der Waals surface area contributed by atoms with E-state index in [4.69, 9.17) is 4.74 Å². The molecule has 2 atom stereocenters. The molecule has 0 aromatic heterocycles. The average Bonchev–Trinajstić information content (AvgIpc) is 2.78. The van der Waals surface area contributed by atoms with Crippen LogP contribution in [0.5, 0.6) is 11.5 Å². The van der Waals surface area contributed by atoms with Gasteiger partial charge in [0, 0.05) is 17.8 Å². The largest absolute Gasteiger partial charge is 0.492 e. The molecule has 0 radical (unpaired) electrons. The summed E-state index contributed by atoms with van der Waals surface area (Å²) in [5.74, 6) is -4.40. The lowest BCUT2D eigenvalue weighted by Gasteiger charge is -2.17. The Morgan fingerprint density at radius 1 is 1.03 bits per heavy atom. The maximum Gasteiger partial charge on any atom is 0.408 e. The van der Waals surface area contributed by atoms with Crippen LogP contribution in [0.4, 0.5) is 20.2 Å². The first-order valence-corrected chi connectivity index (χ1v) is 12.7. The molecule has 0 spiro atoms. The number of carbonyl (C=O) groups is 1. The number of halogens is 2. The highest BCUT2D eigenvalue weighted by Gasteiger charge is 2.25. The molecule has 7 nitrogen and oxygen atoms in total. The summed E-state index contributed by atoms with van der Waals surface area (Å²) in [6.45, 7) is 3.63. The number of amides is 1. The smallest absolute Gasteiger partial charge is 0.408 e. The van der Waals surface area contributed by atoms with E-state index < -0.39 is 21.8 Å². The van der Waals surface area contributed by atoms with Gasteiger partial charge in [-0.05, 0) is 52.9 Å². The van der Waals surface area contributed by atoms with Gasteiger partial charge in [-0.1, -0.05) is 36.4 Å². The standard InChI is InChI=1S/C24H25F2N2O5PS/c1-3-32-21-15-18(27-23(29)16(2)17-8-5-4-6-9-17)12-13-22(21)35(30,31)28-19-10-7-11-20(14-19)33-24(25,26)34/h4-16,28H,3,34H2,1-2H3,(H,27,29)/t16-/m0/s1. The summed E-state index contributed by atoms with van der Waals surface area (Å²) in [4.78, 5) is 12.5. The molecule has 3 aromatic rings. The Morgan fingerprint density at radius 2 is 1.74 bits per heavy atom. The average molecular weight is 523 g/mol. The minimum absolute atomic E-state index is 0.0215. The molecule has 0 heterocycles. The van der Waals surface area contributed by atoms with Crippen LogP contribution in [0.2, 0.25) is 0 Å². The van der Waals surface area contributed by atoms with E-state index in [9.17, 15) is 22.0 Å². The number of sulfonamides is 1. The molecule has 0 aliphatic rings. The number of hydrogen-bond acceptors (Lipinski definition) is 5. The second-order valence-electron chi connectivity index (χ2n) is 7.51. The van der Waals surface area contributed by atoms with Crippen LogP contribution in [-0.4, -0.2) is 26.8 Å². The highest BCUT2D eigenvalue weighted by atomic mass is 32.2. The van der Waals surface area contributed by atoms with Gasteiger partial charge in [0.15, 0.2) is 0 Å². The molecule has 0 bridgehead atoms. The fourth-order valence-corrected chi connectivity index (χ4v) is 4.52. The minimum atomic E-state index is -4.17. The summed E-state index contributed by atoms with van der Waals surface area (Å²) in [6.07, 6.45) is 0. The first-order chi connectivity index (χ1) is 16.5. The zero-order valence-electron chi connectivity index (χ0n) is 19.0. The van der Waals surface area contributed by atoms with E-state index >= 15 is 0 Å². The van der Waals surface area contributed by atoms with E-state index in [0.717, 1.165) is 11.6 Å². The topological polar surface area (TPSA) is 93.7 Å². The first-order valence-electron chi connectivity index (χ1n) is 10.6. The summed E-state index contributed by atoms with van der Waals surface area (Å²) in [6, 6.07) is 18.6. The van der Waals surface area contributed by atoms with Crippen molar-refractivity contribution in [2.45, 2.75) is 30.5 Å². The van der Waals surface area contributed by atoms with Gasteiger partial charge in [0.05, 0.1) is 18.2 Å². The Labute approximate surface area is 205 Å². The first kappa shape index (κ1) is 26.4. The number of anilines is 2. The number of hydrogen-bond donors (Lipinski definition) is 2. The molecule has 3 aromatic carbocycles. The predicted molar refractivity (Wildman–Crippen MR) is 134 cm³/mol. The Balaban J connectivity index is 1.82. The Bertz CT molecular complexity index is 1280. The van der Waals surface area contributed by atoms with Gasteiger partial charge >= 0.3 is 5.85 Å². The van der Waals surface area contributed by atoms with E-state index in [0.29, 0.717) is 5.69 Å². The molecule has 0 saturated heterocycles. The Hall–Kier alpha value is -3.23. The molecule has 3 rings (SSSR count). The van der Waals surface area contributed by atoms with Gasteiger partial charge < -0.3 is 14.8 Å². The molecule has 35 heavy (non-hydrogen) atoms. The predicted octanol–water partition coefficient (Wildman–Crippen LogP) is 5.43. The number of alkyl halides is 2. The van der Waals surface area contributed by atoms with Crippen molar-refractivity contribution >= 4 is 36.5 Å². The molecule has 0 fully saturated rings. The van der Waals surface area contributed by atoms with Crippen molar-refractivity contribution in [1.82, 2.24) is 0 Å². The fourth-order valence-electron chi connectivity index (χ4n) is 3.21. The van der Waals surface area contributed by atoms with Crippen LogP contribution < -0.4 is 19.5 Å². The number of ether oxygens (including phenoxy) is 2. The quantitative estimate of drug-likeness (QED) is 0.346. The van der Waals surface area contributed by atoms with E-state index in [1.165, 1.54) is 45.6 Å². The lowest BCUT2D eigenvalue weighted by molar-refractivity contribution is -0.117. The zero-order chi connectivity index (χ0) is 25.6. The van der Waals surface area contributed by atoms with Crippen molar-refractivity contribution in [2.24, 2.45) is 0 Å². The number of nitrogens with one attached hydrogen (secondary N) is 2. The van der Waals surface area contributed by atoms with Crippen LogP contribution in [0.15, 0.2) is 77.7 Å². The maximum absolute atomic E-state index is 13.1. The van der Waals surface area contributed by atoms with Gasteiger partial charge in [-0.2, -0.15) is 8.78 Å². The third-order valence-electron chi connectivity index (χ3n) is 4.83. The van der Waals surface area contributed by atoms with Gasteiger partial charge in [0.2, 0.25) is 5.91 Å². The summed E-state index contributed by atoms with van der Waals surface area (Å²) in [5, 5.41) is 2.77. The molecule has 1 unspecified atom stereocenters. The number of carbonyl (C=O) groups excluding carboxylic acids is 1. The van der Waals surface area contributed by atoms with Crippen LogP contribution in [0.3, 0.4) is 0 Å². The molecule has 11 heteroatoms. The van der Waals surface area contributed by atoms with E-state index in [-0.39, 0.29) is 34.6 Å². The van der Waals surface area contributed by atoms with Crippen molar-refractivity contribution in [2.75, 3.05) is 16.6 Å². The van der Waals surface area contributed by atoms with Gasteiger partial charge in [0.25, 0.3) is 10.0 Å². The van der Waals surface area contributed by atoms with Crippen molar-refractivity contribution in [3.63, 3.8) is 0 Å². The number of benzene rings is 3. The Morgan fingerprint density at radius 3 is 2.40 bits per heavy atom. The lowest BCUT2D eigenvalue weighted by Crippen LogP contribution is -2.19. The molecule has 0 aliphatic carbocycles. The van der Waals surface area contributed by atoms with Crippen LogP contribution in [0.1, 0.15) is 25.3 Å². The SMILES string of the molecule is CCOc1cc(NC(=O)[C@@H](C)c2ccccc2)ccc1S(=O)(=O)Nc1cccc(OC(F)(F)P)c1. The summed E-state index contributed by atoms with van der Waals surface area (Å²) >= 11 is 0. The summed E-state index contributed by atoms with van der Waals surface area (Å²) in [7, 11) is -2.92. The summed E-state index contributed by atoms with van der Waals surface area (Å²) < 4.78 is 64.6. The fraction of sp³-hybridized carbons (Fsp3) is 0.208. The normalized spacial score (nSPS) is 12.5. The molecule has 1 amide bonds. The minimum Gasteiger partial charge on any atom is -0.492 e. The van der Waals surface area contributed by atoms with E-state index in [2.05, 4.69) is 14.8 Å². The van der Waals surface area contributed by atoms with E-state index in [1.54, 1.807) is 13.8 Å². The lowest BCUT2D eigenvalue weighted by atomic mass is 10.0. The molecule has 0 aliphatic heterocycles. The van der Waals surface area contributed by atoms with E-state index in [1.807, 2.05) is 30.3 Å². The van der Waals surface area contributed by atoms with Gasteiger partial charge in [-0.25, -0.2) is 8.42 Å². The van der Waals surface area contributed by atoms with Crippen LogP contribution in [0.25, 0.3) is 0 Å². The summed E-state index contributed by atoms with van der Waals surface area (Å²) in [5.41, 5.74) is 1.22. The second-order valence-corrected chi connectivity index (χ2v) is 9.84. The van der Waals surface area contributed by atoms with Gasteiger partial charge in [0.1, 0.15) is 16.4 Å². The molecular formula is C24H25F2N2O5PS. The highest BCUT2D eigenvalue weighted by Crippen LogP contribution is 2.32. The molecule has 186 valence electrons. The third-order valence-corrected chi connectivity index (χ3v) is 6.37. The third kappa shape index (κ3) is 7.37. The molecular weight excluding hydrogens is 497 g/mol. The van der Waals surface area contributed by atoms with Gasteiger partial charge in [-0.15, -0.1) is 0 Å². The second kappa shape index (κ2) is 11.0. The van der Waals surface area contributed by atoms with Gasteiger partial charge in [-0.3, -0.25) is 9.52 Å². The van der Waals surface area contributed by atoms with Crippen LogP contribution in [0, 0.1) is 0 Å². The zero-order valence-corrected chi connectivity index (χ0v) is 21.0. The van der Waals surface area contributed by atoms with Crippen molar-refractivity contribution in [3.05, 3.63) is 78.4 Å². The Kier molecular flexibility index (Phi) is 8.30. The molecule has 0 saturated carbocycles. The maximum atomic E-state index is 13.1. The molecule has 2 N–H and O–H groups in total. The monoisotopic (exact) mass is 522 g/mol. The van der Waals surface area contributed by atoms with Crippen molar-refractivity contribution in [3.8, 4) is 11.5 Å².